The van der Waals surface area contributed by atoms with Gasteiger partial charge in [0.1, 0.15) is 11.8 Å². The van der Waals surface area contributed by atoms with E-state index in [0.29, 0.717) is 17.2 Å². The second-order valence-electron chi connectivity index (χ2n) is 4.51. The third kappa shape index (κ3) is 2.54. The van der Waals surface area contributed by atoms with Crippen molar-refractivity contribution >= 4 is 5.69 Å². The molecule has 1 heterocycles. The third-order valence-electron chi connectivity index (χ3n) is 3.22. The van der Waals surface area contributed by atoms with Gasteiger partial charge in [-0.25, -0.2) is 4.85 Å². The maximum absolute atomic E-state index is 8.77. The minimum Gasteiger partial charge on any atom is -0.446 e. The van der Waals surface area contributed by atoms with Crippen molar-refractivity contribution in [1.29, 1.82) is 5.26 Å². The van der Waals surface area contributed by atoms with Gasteiger partial charge < -0.3 is 4.42 Å². The van der Waals surface area contributed by atoms with Crippen molar-refractivity contribution in [2.75, 3.05) is 0 Å². The summed E-state index contributed by atoms with van der Waals surface area (Å²) in [6.07, 6.45) is 0. The molecule has 0 radical (unpaired) electrons. The van der Waals surface area contributed by atoms with Gasteiger partial charge in [-0.15, -0.1) is 0 Å². The molecule has 0 amide bonds. The lowest BCUT2D eigenvalue weighted by atomic mass is 10.0. The standard InChI is InChI=1S/C18H10N2O/c1-20-16-8-6-14(7-9-16)13-2-4-15(5-3-13)18-11-10-17(12-19)21-18/h2-11H. The minimum absolute atomic E-state index is 0.309. The van der Waals surface area contributed by atoms with Crippen LogP contribution in [0.15, 0.2) is 65.1 Å². The van der Waals surface area contributed by atoms with Gasteiger partial charge in [0.05, 0.1) is 6.57 Å². The van der Waals surface area contributed by atoms with Crippen molar-refractivity contribution < 1.29 is 4.42 Å². The van der Waals surface area contributed by atoms with Gasteiger partial charge in [0.25, 0.3) is 0 Å². The summed E-state index contributed by atoms with van der Waals surface area (Å²) >= 11 is 0. The van der Waals surface area contributed by atoms with Crippen molar-refractivity contribution in [2.24, 2.45) is 0 Å². The molecule has 0 aliphatic carbocycles. The zero-order valence-electron chi connectivity index (χ0n) is 11.1. The maximum atomic E-state index is 8.77. The molecule has 3 aromatic rings. The summed E-state index contributed by atoms with van der Waals surface area (Å²) in [4.78, 5) is 3.38. The molecule has 3 rings (SSSR count). The summed E-state index contributed by atoms with van der Waals surface area (Å²) in [5.41, 5.74) is 3.70. The van der Waals surface area contributed by atoms with E-state index in [0.717, 1.165) is 16.7 Å². The molecule has 0 bridgehead atoms. The Hall–Kier alpha value is -3.30. The van der Waals surface area contributed by atoms with Crippen LogP contribution in [0.25, 0.3) is 27.3 Å². The molecule has 0 saturated carbocycles. The number of hydrogen-bond donors (Lipinski definition) is 0. The number of furan rings is 1. The third-order valence-corrected chi connectivity index (χ3v) is 3.22. The molecule has 0 unspecified atom stereocenters. The molecule has 0 aliphatic rings. The van der Waals surface area contributed by atoms with Crippen molar-refractivity contribution in [2.45, 2.75) is 0 Å². The predicted molar refractivity (Wildman–Crippen MR) is 80.6 cm³/mol. The van der Waals surface area contributed by atoms with Crippen LogP contribution in [0, 0.1) is 17.9 Å². The van der Waals surface area contributed by atoms with Crippen molar-refractivity contribution in [3.8, 4) is 28.5 Å². The molecule has 0 saturated heterocycles. The minimum atomic E-state index is 0.309. The van der Waals surface area contributed by atoms with E-state index in [2.05, 4.69) is 4.85 Å². The van der Waals surface area contributed by atoms with Gasteiger partial charge in [0, 0.05) is 5.56 Å². The van der Waals surface area contributed by atoms with Crippen molar-refractivity contribution in [3.05, 3.63) is 77.8 Å². The van der Waals surface area contributed by atoms with Crippen LogP contribution < -0.4 is 0 Å². The molecule has 1 aromatic heterocycles. The molecule has 0 aliphatic heterocycles. The maximum Gasteiger partial charge on any atom is 0.204 e. The zero-order chi connectivity index (χ0) is 14.7. The predicted octanol–water partition coefficient (Wildman–Crippen LogP) is 5.04. The van der Waals surface area contributed by atoms with Gasteiger partial charge in [-0.2, -0.15) is 5.26 Å². The topological polar surface area (TPSA) is 41.3 Å². The summed E-state index contributed by atoms with van der Waals surface area (Å²) in [6, 6.07) is 20.8. The van der Waals surface area contributed by atoms with Crippen LogP contribution in [0.3, 0.4) is 0 Å². The Kier molecular flexibility index (Phi) is 3.25. The quantitative estimate of drug-likeness (QED) is 0.612. The molecule has 0 spiro atoms. The summed E-state index contributed by atoms with van der Waals surface area (Å²) in [5, 5.41) is 8.77. The normalized spacial score (nSPS) is 9.81. The van der Waals surface area contributed by atoms with Gasteiger partial charge in [-0.3, -0.25) is 0 Å². The summed E-state index contributed by atoms with van der Waals surface area (Å²) in [7, 11) is 0. The van der Waals surface area contributed by atoms with Crippen LogP contribution in [0.4, 0.5) is 5.69 Å². The fourth-order valence-corrected chi connectivity index (χ4v) is 2.11. The van der Waals surface area contributed by atoms with Gasteiger partial charge in [-0.05, 0) is 23.3 Å². The Morgan fingerprint density at radius 2 is 1.38 bits per heavy atom. The molecular formula is C18H10N2O. The van der Waals surface area contributed by atoms with Crippen LogP contribution in [-0.2, 0) is 0 Å². The molecule has 0 atom stereocenters. The van der Waals surface area contributed by atoms with Crippen molar-refractivity contribution in [3.63, 3.8) is 0 Å². The lowest BCUT2D eigenvalue weighted by Crippen LogP contribution is -1.78. The van der Waals surface area contributed by atoms with Crippen LogP contribution in [0.2, 0.25) is 0 Å². The second-order valence-corrected chi connectivity index (χ2v) is 4.51. The number of nitriles is 1. The number of benzene rings is 2. The first-order valence-corrected chi connectivity index (χ1v) is 6.38. The lowest BCUT2D eigenvalue weighted by Gasteiger charge is -2.03. The fraction of sp³-hybridized carbons (Fsp3) is 0. The van der Waals surface area contributed by atoms with E-state index >= 15 is 0 Å². The number of hydrogen-bond acceptors (Lipinski definition) is 2. The van der Waals surface area contributed by atoms with E-state index in [9.17, 15) is 0 Å². The Balaban J connectivity index is 1.90. The van der Waals surface area contributed by atoms with E-state index < -0.39 is 0 Å². The van der Waals surface area contributed by atoms with Gasteiger partial charge in [0.15, 0.2) is 5.69 Å². The Morgan fingerprint density at radius 3 is 1.90 bits per heavy atom. The van der Waals surface area contributed by atoms with E-state index in [1.54, 1.807) is 12.1 Å². The molecular weight excluding hydrogens is 260 g/mol. The molecule has 3 nitrogen and oxygen atoms in total. The first kappa shape index (κ1) is 12.7. The Labute approximate surface area is 122 Å². The largest absolute Gasteiger partial charge is 0.446 e. The summed E-state index contributed by atoms with van der Waals surface area (Å²) < 4.78 is 5.40. The average Bonchev–Trinajstić information content (AvgIpc) is 3.04. The first-order valence-electron chi connectivity index (χ1n) is 6.38. The van der Waals surface area contributed by atoms with E-state index in [1.807, 2.05) is 54.6 Å². The molecule has 21 heavy (non-hydrogen) atoms. The monoisotopic (exact) mass is 270 g/mol. The molecule has 2 aromatic carbocycles. The molecule has 0 fully saturated rings. The van der Waals surface area contributed by atoms with Crippen LogP contribution in [0.5, 0.6) is 0 Å². The molecule has 98 valence electrons. The number of rotatable bonds is 2. The Morgan fingerprint density at radius 1 is 0.810 bits per heavy atom. The number of nitrogens with zero attached hydrogens (tertiary/aromatic N) is 2. The molecule has 3 heteroatoms. The SMILES string of the molecule is [C-]#[N+]c1ccc(-c2ccc(-c3ccc(C#N)o3)cc2)cc1. The highest BCUT2D eigenvalue weighted by molar-refractivity contribution is 5.70. The van der Waals surface area contributed by atoms with Gasteiger partial charge in [-0.1, -0.05) is 48.5 Å². The van der Waals surface area contributed by atoms with Gasteiger partial charge in [0.2, 0.25) is 5.76 Å². The average molecular weight is 270 g/mol. The van der Waals surface area contributed by atoms with Crippen LogP contribution in [-0.4, -0.2) is 0 Å². The van der Waals surface area contributed by atoms with E-state index in [4.69, 9.17) is 16.3 Å². The summed E-state index contributed by atoms with van der Waals surface area (Å²) in [6.45, 7) is 6.95. The fourth-order valence-electron chi connectivity index (χ4n) is 2.11. The lowest BCUT2D eigenvalue weighted by molar-refractivity contribution is 0.567. The highest BCUT2D eigenvalue weighted by Crippen LogP contribution is 2.27. The summed E-state index contributed by atoms with van der Waals surface area (Å²) in [5.74, 6) is 0.991. The van der Waals surface area contributed by atoms with Crippen LogP contribution in [0.1, 0.15) is 5.76 Å². The first-order chi connectivity index (χ1) is 10.3. The smallest absolute Gasteiger partial charge is 0.204 e. The van der Waals surface area contributed by atoms with Gasteiger partial charge >= 0.3 is 0 Å². The second kappa shape index (κ2) is 5.36. The highest BCUT2D eigenvalue weighted by atomic mass is 16.3. The molecule has 0 N–H and O–H groups in total. The zero-order valence-corrected chi connectivity index (χ0v) is 11.1. The van der Waals surface area contributed by atoms with Crippen LogP contribution >= 0.6 is 0 Å². The van der Waals surface area contributed by atoms with E-state index in [1.165, 1.54) is 0 Å². The van der Waals surface area contributed by atoms with Crippen molar-refractivity contribution in [1.82, 2.24) is 0 Å². The van der Waals surface area contributed by atoms with E-state index in [-0.39, 0.29) is 0 Å². The highest BCUT2D eigenvalue weighted by Gasteiger charge is 2.05. The Bertz CT molecular complexity index is 844.